The number of nitrogens with zero attached hydrogens (tertiary/aromatic N) is 7. The van der Waals surface area contributed by atoms with Crippen LogP contribution in [0.4, 0.5) is 16.4 Å². The maximum absolute atomic E-state index is 12.6. The van der Waals surface area contributed by atoms with E-state index in [-0.39, 0.29) is 11.5 Å². The van der Waals surface area contributed by atoms with Gasteiger partial charge in [-0.05, 0) is 75.1 Å². The van der Waals surface area contributed by atoms with Crippen molar-refractivity contribution in [3.8, 4) is 5.75 Å². The molecule has 0 spiro atoms. The van der Waals surface area contributed by atoms with E-state index in [0.29, 0.717) is 29.4 Å². The number of carbonyl (C=O) groups is 1. The molecule has 0 N–H and O–H groups in total. The predicted octanol–water partition coefficient (Wildman–Crippen LogP) is 6.79. The molecule has 3 aliphatic rings. The third-order valence-corrected chi connectivity index (χ3v) is 10.2. The van der Waals surface area contributed by atoms with Crippen molar-refractivity contribution in [3.63, 3.8) is 0 Å². The second-order valence-electron chi connectivity index (χ2n) is 14.9. The first-order valence-electron chi connectivity index (χ1n) is 17.3. The lowest BCUT2D eigenvalue weighted by atomic mass is 9.78. The molecule has 260 valence electrons. The molecule has 6 rings (SSSR count). The molecule has 2 aromatic carbocycles. The van der Waals surface area contributed by atoms with E-state index in [1.807, 2.05) is 62.2 Å². The molecule has 1 amide bonds. The zero-order valence-electron chi connectivity index (χ0n) is 29.4. The van der Waals surface area contributed by atoms with Gasteiger partial charge in [0.1, 0.15) is 18.0 Å². The number of anilines is 1. The van der Waals surface area contributed by atoms with E-state index in [4.69, 9.17) is 32.6 Å². The van der Waals surface area contributed by atoms with Crippen LogP contribution in [-0.4, -0.2) is 101 Å². The van der Waals surface area contributed by atoms with E-state index in [1.54, 1.807) is 6.07 Å². The van der Waals surface area contributed by atoms with Crippen LogP contribution in [0.25, 0.3) is 4.85 Å². The highest BCUT2D eigenvalue weighted by atomic mass is 35.5. The average Bonchev–Trinajstić information content (AvgIpc) is 3.06. The highest BCUT2D eigenvalue weighted by Crippen LogP contribution is 2.36. The summed E-state index contributed by atoms with van der Waals surface area (Å²) in [6, 6.07) is 16.5. The molecule has 11 heteroatoms. The van der Waals surface area contributed by atoms with Crippen molar-refractivity contribution in [2.24, 2.45) is 0 Å². The Hall–Kier alpha value is -3.91. The molecule has 0 bridgehead atoms. The van der Waals surface area contributed by atoms with Crippen molar-refractivity contribution in [2.45, 2.75) is 77.2 Å². The van der Waals surface area contributed by atoms with E-state index in [9.17, 15) is 4.79 Å². The van der Waals surface area contributed by atoms with Gasteiger partial charge in [0.2, 0.25) is 5.95 Å². The van der Waals surface area contributed by atoms with Crippen molar-refractivity contribution in [1.82, 2.24) is 24.7 Å². The van der Waals surface area contributed by atoms with Gasteiger partial charge in [-0.3, -0.25) is 9.80 Å². The van der Waals surface area contributed by atoms with Crippen LogP contribution < -0.4 is 9.64 Å². The van der Waals surface area contributed by atoms with Crippen LogP contribution in [0, 0.1) is 6.57 Å². The fraction of sp³-hybridized carbons (Fsp3) is 0.526. The number of piperazine rings is 1. The molecular formula is C38H48ClN7O3. The van der Waals surface area contributed by atoms with Gasteiger partial charge in [0.15, 0.2) is 5.69 Å². The maximum atomic E-state index is 12.6. The monoisotopic (exact) mass is 685 g/mol. The molecule has 1 aromatic heterocycles. The quantitative estimate of drug-likeness (QED) is 0.240. The summed E-state index contributed by atoms with van der Waals surface area (Å²) in [7, 11) is 0. The lowest BCUT2D eigenvalue weighted by molar-refractivity contribution is -0.0279. The lowest BCUT2D eigenvalue weighted by Gasteiger charge is -2.52. The largest absolute Gasteiger partial charge is 0.487 e. The number of ether oxygens (including phenoxy) is 2. The number of likely N-dealkylation sites (tertiary alicyclic amines) is 2. The Morgan fingerprint density at radius 3 is 2.35 bits per heavy atom. The molecule has 3 saturated heterocycles. The van der Waals surface area contributed by atoms with E-state index < -0.39 is 5.60 Å². The van der Waals surface area contributed by atoms with E-state index >= 15 is 0 Å². The molecule has 4 heterocycles. The lowest BCUT2D eigenvalue weighted by Crippen LogP contribution is -2.67. The van der Waals surface area contributed by atoms with Crippen LogP contribution in [-0.2, 0) is 16.8 Å². The summed E-state index contributed by atoms with van der Waals surface area (Å²) < 4.78 is 11.7. The summed E-state index contributed by atoms with van der Waals surface area (Å²) in [6.45, 7) is 25.1. The van der Waals surface area contributed by atoms with Gasteiger partial charge in [0.25, 0.3) is 0 Å². The number of benzene rings is 2. The minimum Gasteiger partial charge on any atom is -0.487 e. The smallest absolute Gasteiger partial charge is 0.410 e. The summed E-state index contributed by atoms with van der Waals surface area (Å²) >= 11 is 6.30. The first-order valence-corrected chi connectivity index (χ1v) is 17.7. The van der Waals surface area contributed by atoms with Crippen LogP contribution >= 0.6 is 11.6 Å². The first-order chi connectivity index (χ1) is 23.4. The Labute approximate surface area is 295 Å². The van der Waals surface area contributed by atoms with Crippen LogP contribution in [0.5, 0.6) is 5.75 Å². The Balaban J connectivity index is 0.961. The van der Waals surface area contributed by atoms with Gasteiger partial charge in [-0.15, -0.1) is 0 Å². The summed E-state index contributed by atoms with van der Waals surface area (Å²) in [4.78, 5) is 34.9. The predicted molar refractivity (Wildman–Crippen MR) is 193 cm³/mol. The molecule has 3 aliphatic heterocycles. The number of hydrogen-bond donors (Lipinski definition) is 0. The SMILES string of the molecule is [C-]#[N+]c1cc(Cl)cc(C(C)(C)c2ccc(OCc3ccnc(N4CCN(C5CN(C6CCCN(C(=O)OC(C)(C)C)C6)C5)CC4)n3)cc2)c1. The minimum atomic E-state index is -0.467. The fourth-order valence-electron chi connectivity index (χ4n) is 6.96. The number of aromatic nitrogens is 2. The Bertz CT molecular complexity index is 1650. The van der Waals surface area contributed by atoms with Gasteiger partial charge in [0.05, 0.1) is 12.3 Å². The van der Waals surface area contributed by atoms with E-state index in [0.717, 1.165) is 93.7 Å². The van der Waals surface area contributed by atoms with Crippen LogP contribution in [0.15, 0.2) is 54.7 Å². The number of halogens is 1. The van der Waals surface area contributed by atoms with Crippen molar-refractivity contribution in [1.29, 1.82) is 0 Å². The summed E-state index contributed by atoms with van der Waals surface area (Å²) in [5, 5.41) is 0.568. The van der Waals surface area contributed by atoms with Crippen molar-refractivity contribution in [2.75, 3.05) is 57.3 Å². The van der Waals surface area contributed by atoms with Gasteiger partial charge in [0, 0.05) is 81.1 Å². The first kappa shape index (κ1) is 34.9. The minimum absolute atomic E-state index is 0.190. The normalized spacial score (nSPS) is 19.7. The van der Waals surface area contributed by atoms with E-state index in [1.165, 1.54) is 0 Å². The van der Waals surface area contributed by atoms with Crippen molar-refractivity contribution in [3.05, 3.63) is 88.0 Å². The molecule has 49 heavy (non-hydrogen) atoms. The summed E-state index contributed by atoms with van der Waals surface area (Å²) in [5.41, 5.74) is 2.69. The Kier molecular flexibility index (Phi) is 10.4. The number of rotatable bonds is 8. The molecule has 3 aromatic rings. The topological polar surface area (TPSA) is 78.6 Å². The van der Waals surface area contributed by atoms with Gasteiger partial charge in [-0.2, -0.15) is 0 Å². The molecule has 1 atom stereocenters. The van der Waals surface area contributed by atoms with Gasteiger partial charge < -0.3 is 19.3 Å². The molecule has 3 fully saturated rings. The van der Waals surface area contributed by atoms with Crippen LogP contribution in [0.3, 0.4) is 0 Å². The zero-order valence-corrected chi connectivity index (χ0v) is 30.1. The zero-order chi connectivity index (χ0) is 34.8. The van der Waals surface area contributed by atoms with Gasteiger partial charge >= 0.3 is 6.09 Å². The molecular weight excluding hydrogens is 638 g/mol. The summed E-state index contributed by atoms with van der Waals surface area (Å²) in [5.74, 6) is 1.51. The number of amides is 1. The second kappa shape index (κ2) is 14.5. The molecule has 0 radical (unpaired) electrons. The maximum Gasteiger partial charge on any atom is 0.410 e. The van der Waals surface area contributed by atoms with E-state index in [2.05, 4.69) is 50.5 Å². The van der Waals surface area contributed by atoms with Gasteiger partial charge in [-0.25, -0.2) is 19.6 Å². The third kappa shape index (κ3) is 8.46. The Morgan fingerprint density at radius 1 is 0.918 bits per heavy atom. The number of hydrogen-bond acceptors (Lipinski definition) is 8. The fourth-order valence-corrected chi connectivity index (χ4v) is 7.19. The second-order valence-corrected chi connectivity index (χ2v) is 15.4. The Morgan fingerprint density at radius 2 is 1.65 bits per heavy atom. The molecule has 0 saturated carbocycles. The number of piperidine rings is 1. The summed E-state index contributed by atoms with van der Waals surface area (Å²) in [6.07, 6.45) is 3.78. The van der Waals surface area contributed by atoms with Crippen molar-refractivity contribution < 1.29 is 14.3 Å². The van der Waals surface area contributed by atoms with Crippen LogP contribution in [0.2, 0.25) is 5.02 Å². The van der Waals surface area contributed by atoms with Crippen molar-refractivity contribution >= 4 is 29.3 Å². The number of carbonyl (C=O) groups excluding carboxylic acids is 1. The molecule has 10 nitrogen and oxygen atoms in total. The van der Waals surface area contributed by atoms with Crippen LogP contribution in [0.1, 0.15) is 64.3 Å². The van der Waals surface area contributed by atoms with Gasteiger partial charge in [-0.1, -0.05) is 43.6 Å². The third-order valence-electron chi connectivity index (χ3n) is 9.97. The highest BCUT2D eigenvalue weighted by Gasteiger charge is 2.39. The molecule has 0 aliphatic carbocycles. The highest BCUT2D eigenvalue weighted by molar-refractivity contribution is 6.31. The standard InChI is InChI=1S/C38H48ClN7O3/c1-37(2,3)49-36(47)45-15-7-8-32(23-45)46-24-33(25-46)43-16-18-44(19-17-43)35-41-14-13-30(42-35)26-48-34-11-9-27(10-12-34)38(4,5)28-20-29(39)22-31(21-28)40-6/h9-14,20-22,32-33H,7-8,15-19,23-26H2,1-5H3. The molecule has 1 unspecified atom stereocenters. The average molecular weight is 686 g/mol.